The van der Waals surface area contributed by atoms with E-state index in [1.54, 1.807) is 0 Å². The Labute approximate surface area is 221 Å². The Kier molecular flexibility index (Phi) is 4.30. The van der Waals surface area contributed by atoms with Crippen LogP contribution in [0.1, 0.15) is 27.7 Å². The second-order valence-electron chi connectivity index (χ2n) is 11.6. The minimum absolute atomic E-state index is 0.385. The van der Waals surface area contributed by atoms with Crippen molar-refractivity contribution in [2.75, 3.05) is 0 Å². The van der Waals surface area contributed by atoms with E-state index in [-0.39, 0.29) is 11.2 Å². The first-order chi connectivity index (χ1) is 18.3. The zero-order valence-electron chi connectivity index (χ0n) is 22.0. The summed E-state index contributed by atoms with van der Waals surface area (Å²) in [6.07, 6.45) is 0. The van der Waals surface area contributed by atoms with Gasteiger partial charge in [0.2, 0.25) is 0 Å². The van der Waals surface area contributed by atoms with Crippen molar-refractivity contribution in [2.45, 2.75) is 38.9 Å². The van der Waals surface area contributed by atoms with E-state index in [0.717, 1.165) is 27.4 Å². The van der Waals surface area contributed by atoms with E-state index in [1.807, 2.05) is 6.07 Å². The number of fused-ring (bicyclic) bond motifs is 11. The SMILES string of the molecule is CC1(C)OB(c2ccc3oc4cc5c6ccccc6c6c7ccccc7ccc6c5cc4c3c2)OC1(C)C. The topological polar surface area (TPSA) is 31.6 Å². The molecule has 1 saturated heterocycles. The molecule has 1 fully saturated rings. The third kappa shape index (κ3) is 2.93. The number of benzene rings is 6. The quantitative estimate of drug-likeness (QED) is 0.169. The van der Waals surface area contributed by atoms with E-state index in [9.17, 15) is 0 Å². The van der Waals surface area contributed by atoms with E-state index < -0.39 is 7.12 Å². The summed E-state index contributed by atoms with van der Waals surface area (Å²) in [5, 5.41) is 12.2. The van der Waals surface area contributed by atoms with Crippen LogP contribution in [0.5, 0.6) is 0 Å². The molecule has 2 heterocycles. The first kappa shape index (κ1) is 22.2. The molecular weight excluding hydrogens is 467 g/mol. The van der Waals surface area contributed by atoms with Crippen molar-refractivity contribution in [3.05, 3.63) is 91.0 Å². The second-order valence-corrected chi connectivity index (χ2v) is 11.6. The molecule has 0 bridgehead atoms. The Hall–Kier alpha value is -3.86. The highest BCUT2D eigenvalue weighted by Crippen LogP contribution is 2.42. The van der Waals surface area contributed by atoms with Gasteiger partial charge in [-0.3, -0.25) is 0 Å². The third-order valence-electron chi connectivity index (χ3n) is 8.86. The molecule has 3 nitrogen and oxygen atoms in total. The fourth-order valence-corrected chi connectivity index (χ4v) is 6.13. The molecule has 0 spiro atoms. The second kappa shape index (κ2) is 7.38. The lowest BCUT2D eigenvalue weighted by atomic mass is 9.78. The van der Waals surface area contributed by atoms with Crippen LogP contribution in [0, 0.1) is 0 Å². The maximum absolute atomic E-state index is 6.41. The Morgan fingerprint density at radius 2 is 1.13 bits per heavy atom. The summed E-state index contributed by atoms with van der Waals surface area (Å²) >= 11 is 0. The normalized spacial score (nSPS) is 17.1. The van der Waals surface area contributed by atoms with Crippen LogP contribution in [0.4, 0.5) is 0 Å². The minimum atomic E-state index is -0.411. The van der Waals surface area contributed by atoms with Crippen LogP contribution in [0.2, 0.25) is 0 Å². The lowest BCUT2D eigenvalue weighted by molar-refractivity contribution is 0.00578. The summed E-state index contributed by atoms with van der Waals surface area (Å²) in [6, 6.07) is 32.7. The highest BCUT2D eigenvalue weighted by atomic mass is 16.7. The molecule has 0 radical (unpaired) electrons. The Morgan fingerprint density at radius 3 is 1.92 bits per heavy atom. The first-order valence-corrected chi connectivity index (χ1v) is 13.3. The van der Waals surface area contributed by atoms with Crippen molar-refractivity contribution in [2.24, 2.45) is 0 Å². The van der Waals surface area contributed by atoms with Gasteiger partial charge in [0.25, 0.3) is 0 Å². The van der Waals surface area contributed by atoms with Crippen LogP contribution < -0.4 is 5.46 Å². The molecule has 1 aromatic heterocycles. The van der Waals surface area contributed by atoms with Crippen LogP contribution in [-0.2, 0) is 9.31 Å². The van der Waals surface area contributed by atoms with E-state index in [2.05, 4.69) is 113 Å². The molecule has 7 aromatic rings. The predicted octanol–water partition coefficient (Wildman–Crippen LogP) is 8.50. The van der Waals surface area contributed by atoms with Crippen LogP contribution in [0.15, 0.2) is 95.4 Å². The van der Waals surface area contributed by atoms with Crippen molar-refractivity contribution >= 4 is 77.6 Å². The van der Waals surface area contributed by atoms with Crippen LogP contribution in [0.25, 0.3) is 65.0 Å². The highest BCUT2D eigenvalue weighted by molar-refractivity contribution is 6.62. The summed E-state index contributed by atoms with van der Waals surface area (Å²) in [6.45, 7) is 8.35. The first-order valence-electron chi connectivity index (χ1n) is 13.3. The number of furan rings is 1. The number of rotatable bonds is 1. The van der Waals surface area contributed by atoms with Gasteiger partial charge in [-0.2, -0.15) is 0 Å². The lowest BCUT2D eigenvalue weighted by Gasteiger charge is -2.32. The van der Waals surface area contributed by atoms with Crippen LogP contribution >= 0.6 is 0 Å². The lowest BCUT2D eigenvalue weighted by Crippen LogP contribution is -2.41. The molecule has 1 aliphatic rings. The summed E-state index contributed by atoms with van der Waals surface area (Å²) in [5.74, 6) is 0. The monoisotopic (exact) mass is 494 g/mol. The van der Waals surface area contributed by atoms with Crippen molar-refractivity contribution < 1.29 is 13.7 Å². The zero-order valence-corrected chi connectivity index (χ0v) is 22.0. The largest absolute Gasteiger partial charge is 0.494 e. The van der Waals surface area contributed by atoms with Crippen molar-refractivity contribution in [3.8, 4) is 0 Å². The molecule has 0 saturated carbocycles. The van der Waals surface area contributed by atoms with Crippen molar-refractivity contribution in [3.63, 3.8) is 0 Å². The molecule has 0 aliphatic carbocycles. The molecule has 38 heavy (non-hydrogen) atoms. The average Bonchev–Trinajstić information content (AvgIpc) is 3.38. The van der Waals surface area contributed by atoms with Gasteiger partial charge in [0.1, 0.15) is 11.2 Å². The van der Waals surface area contributed by atoms with Crippen molar-refractivity contribution in [1.29, 1.82) is 0 Å². The average molecular weight is 494 g/mol. The van der Waals surface area contributed by atoms with Gasteiger partial charge in [0, 0.05) is 10.8 Å². The van der Waals surface area contributed by atoms with Crippen molar-refractivity contribution in [1.82, 2.24) is 0 Å². The summed E-state index contributed by atoms with van der Waals surface area (Å²) in [5.41, 5.74) is 2.00. The van der Waals surface area contributed by atoms with Gasteiger partial charge in [-0.15, -0.1) is 0 Å². The van der Waals surface area contributed by atoms with Crippen LogP contribution in [-0.4, -0.2) is 18.3 Å². The van der Waals surface area contributed by atoms with Crippen LogP contribution in [0.3, 0.4) is 0 Å². The maximum atomic E-state index is 6.41. The van der Waals surface area contributed by atoms with Gasteiger partial charge < -0.3 is 13.7 Å². The minimum Gasteiger partial charge on any atom is -0.456 e. The van der Waals surface area contributed by atoms with Gasteiger partial charge in [0.15, 0.2) is 0 Å². The zero-order chi connectivity index (χ0) is 25.8. The van der Waals surface area contributed by atoms with Gasteiger partial charge in [-0.05, 0) is 94.4 Å². The molecule has 6 aromatic carbocycles. The Balaban J connectivity index is 1.44. The fourth-order valence-electron chi connectivity index (χ4n) is 6.13. The molecule has 8 rings (SSSR count). The smallest absolute Gasteiger partial charge is 0.456 e. The fraction of sp³-hybridized carbons (Fsp3) is 0.176. The van der Waals surface area contributed by atoms with Gasteiger partial charge in [-0.1, -0.05) is 72.8 Å². The Bertz CT molecular complexity index is 2080. The van der Waals surface area contributed by atoms with Gasteiger partial charge >= 0.3 is 7.12 Å². The molecular formula is C34H27BO3. The molecule has 1 aliphatic heterocycles. The van der Waals surface area contributed by atoms with Gasteiger partial charge in [-0.25, -0.2) is 0 Å². The molecule has 0 atom stereocenters. The summed E-state index contributed by atoms with van der Waals surface area (Å²) < 4.78 is 19.1. The molecule has 0 amide bonds. The molecule has 0 N–H and O–H groups in total. The third-order valence-corrected chi connectivity index (χ3v) is 8.86. The van der Waals surface area contributed by atoms with E-state index in [1.165, 1.54) is 43.1 Å². The molecule has 4 heteroatoms. The van der Waals surface area contributed by atoms with E-state index >= 15 is 0 Å². The standard InChI is InChI=1S/C34H27BO3/c1-33(2)34(3,4)38-35(37-33)21-14-16-30-28(17-21)29-18-26-25-15-13-20-9-5-6-10-22(20)32(25)24-12-8-7-11-23(24)27(26)19-31(29)36-30/h5-19H,1-4H3. The highest BCUT2D eigenvalue weighted by Gasteiger charge is 2.51. The van der Waals surface area contributed by atoms with E-state index in [4.69, 9.17) is 13.7 Å². The molecule has 0 unspecified atom stereocenters. The summed E-state index contributed by atoms with van der Waals surface area (Å²) in [4.78, 5) is 0. The summed E-state index contributed by atoms with van der Waals surface area (Å²) in [7, 11) is -0.411. The molecule has 184 valence electrons. The number of hydrogen-bond donors (Lipinski definition) is 0. The van der Waals surface area contributed by atoms with E-state index in [0.29, 0.717) is 0 Å². The predicted molar refractivity (Wildman–Crippen MR) is 159 cm³/mol. The maximum Gasteiger partial charge on any atom is 0.494 e. The van der Waals surface area contributed by atoms with Gasteiger partial charge in [0.05, 0.1) is 11.2 Å². The Morgan fingerprint density at radius 1 is 0.500 bits per heavy atom. The number of hydrogen-bond acceptors (Lipinski definition) is 3.